The fraction of sp³-hybridized carbons (Fsp3) is 0.444. The van der Waals surface area contributed by atoms with E-state index in [0.717, 1.165) is 35.6 Å². The summed E-state index contributed by atoms with van der Waals surface area (Å²) >= 11 is 0. The fourth-order valence-corrected chi connectivity index (χ4v) is 6.58. The van der Waals surface area contributed by atoms with Gasteiger partial charge >= 0.3 is 0 Å². The van der Waals surface area contributed by atoms with Crippen LogP contribution in [0.4, 0.5) is 0 Å². The summed E-state index contributed by atoms with van der Waals surface area (Å²) in [7, 11) is -2.45. The topological polar surface area (TPSA) is 113 Å². The minimum atomic E-state index is -4.02. The zero-order valence-corrected chi connectivity index (χ0v) is 22.0. The molecule has 1 heterocycles. The molecule has 9 nitrogen and oxygen atoms in total. The van der Waals surface area contributed by atoms with Crippen LogP contribution in [0.1, 0.15) is 61.4 Å². The van der Waals surface area contributed by atoms with Crippen LogP contribution in [0.2, 0.25) is 0 Å². The van der Waals surface area contributed by atoms with Crippen LogP contribution < -0.4 is 10.1 Å². The van der Waals surface area contributed by atoms with Crippen molar-refractivity contribution >= 4 is 27.7 Å². The number of benzene rings is 2. The van der Waals surface area contributed by atoms with E-state index in [2.05, 4.69) is 5.32 Å². The molecule has 2 aliphatic rings. The summed E-state index contributed by atoms with van der Waals surface area (Å²) in [5.74, 6) is -0.585. The molecule has 1 atom stereocenters. The number of rotatable bonds is 10. The second-order valence-corrected chi connectivity index (χ2v) is 11.2. The van der Waals surface area contributed by atoms with Gasteiger partial charge in [-0.05, 0) is 49.1 Å². The number of sulfonamides is 1. The van der Waals surface area contributed by atoms with Gasteiger partial charge in [-0.1, -0.05) is 44.0 Å². The van der Waals surface area contributed by atoms with E-state index in [4.69, 9.17) is 4.74 Å². The van der Waals surface area contributed by atoms with E-state index in [1.54, 1.807) is 31.4 Å². The van der Waals surface area contributed by atoms with Crippen molar-refractivity contribution in [2.24, 2.45) is 0 Å². The quantitative estimate of drug-likeness (QED) is 0.508. The highest BCUT2D eigenvalue weighted by molar-refractivity contribution is 7.90. The first-order chi connectivity index (χ1) is 17.8. The molecule has 1 N–H and O–H groups in total. The number of methoxy groups -OCH3 is 1. The standard InChI is InChI=1S/C27H33N3O6S/c1-3-23(26(32)28-20-8-4-5-9-20)29(18-19-12-14-21(36-2)15-13-19)25(31)16-17-30-27(33)22-10-6-7-11-24(22)37(30,34)35/h6-7,10-15,20,23H,3-5,8-9,16-18H2,1-2H3,(H,28,32)/t23-/m0/s1. The molecular formula is C27H33N3O6S. The van der Waals surface area contributed by atoms with Crippen LogP contribution in [0.5, 0.6) is 5.75 Å². The molecule has 1 aliphatic heterocycles. The van der Waals surface area contributed by atoms with Crippen molar-refractivity contribution in [1.29, 1.82) is 0 Å². The van der Waals surface area contributed by atoms with Crippen molar-refractivity contribution in [2.75, 3.05) is 13.7 Å². The first-order valence-electron chi connectivity index (χ1n) is 12.6. The van der Waals surface area contributed by atoms with Crippen molar-refractivity contribution in [3.63, 3.8) is 0 Å². The summed E-state index contributed by atoms with van der Waals surface area (Å²) in [5.41, 5.74) is 0.908. The summed E-state index contributed by atoms with van der Waals surface area (Å²) in [6.45, 7) is 1.72. The van der Waals surface area contributed by atoms with E-state index in [1.807, 2.05) is 19.1 Å². The van der Waals surface area contributed by atoms with Gasteiger partial charge in [0.25, 0.3) is 15.9 Å². The van der Waals surface area contributed by atoms with Gasteiger partial charge in [0.15, 0.2) is 0 Å². The Kier molecular flexibility index (Phi) is 8.16. The SMILES string of the molecule is CC[C@@H](C(=O)NC1CCCC1)N(Cc1ccc(OC)cc1)C(=O)CCN1C(=O)c2ccccc2S1(=O)=O. The number of nitrogens with one attached hydrogen (secondary N) is 1. The first-order valence-corrected chi connectivity index (χ1v) is 14.1. The normalized spacial score (nSPS) is 17.4. The molecule has 37 heavy (non-hydrogen) atoms. The lowest BCUT2D eigenvalue weighted by Crippen LogP contribution is -2.51. The zero-order valence-electron chi connectivity index (χ0n) is 21.2. The molecular weight excluding hydrogens is 494 g/mol. The van der Waals surface area contributed by atoms with Gasteiger partial charge < -0.3 is 15.0 Å². The number of ether oxygens (including phenoxy) is 1. The average molecular weight is 528 g/mol. The molecule has 10 heteroatoms. The molecule has 1 aliphatic carbocycles. The minimum absolute atomic E-state index is 0.0510. The maximum atomic E-state index is 13.5. The first kappa shape index (κ1) is 26.7. The Bertz CT molecular complexity index is 1260. The zero-order chi connectivity index (χ0) is 26.6. The van der Waals surface area contributed by atoms with Crippen molar-refractivity contribution < 1.29 is 27.5 Å². The lowest BCUT2D eigenvalue weighted by Gasteiger charge is -2.32. The fourth-order valence-electron chi connectivity index (χ4n) is 5.01. The Balaban J connectivity index is 1.53. The van der Waals surface area contributed by atoms with Crippen LogP contribution in [0.25, 0.3) is 0 Å². The van der Waals surface area contributed by atoms with Gasteiger partial charge in [-0.15, -0.1) is 0 Å². The Morgan fingerprint density at radius 2 is 1.78 bits per heavy atom. The maximum absolute atomic E-state index is 13.5. The number of hydrogen-bond acceptors (Lipinski definition) is 6. The number of carbonyl (C=O) groups excluding carboxylic acids is 3. The molecule has 2 aromatic carbocycles. The molecule has 0 unspecified atom stereocenters. The van der Waals surface area contributed by atoms with E-state index in [-0.39, 0.29) is 41.9 Å². The second-order valence-electron chi connectivity index (χ2n) is 9.41. The van der Waals surface area contributed by atoms with Crippen molar-refractivity contribution in [3.8, 4) is 5.75 Å². The van der Waals surface area contributed by atoms with Crippen LogP contribution in [-0.2, 0) is 26.2 Å². The predicted octanol–water partition coefficient (Wildman–Crippen LogP) is 3.10. The monoisotopic (exact) mass is 527 g/mol. The summed E-state index contributed by atoms with van der Waals surface area (Å²) in [6, 6.07) is 12.6. The van der Waals surface area contributed by atoms with Gasteiger partial charge in [0.05, 0.1) is 12.7 Å². The predicted molar refractivity (Wildman–Crippen MR) is 137 cm³/mol. The molecule has 4 rings (SSSR count). The van der Waals surface area contributed by atoms with Gasteiger partial charge in [0.1, 0.15) is 16.7 Å². The molecule has 198 valence electrons. The van der Waals surface area contributed by atoms with Crippen LogP contribution in [0.15, 0.2) is 53.4 Å². The lowest BCUT2D eigenvalue weighted by molar-refractivity contribution is -0.141. The number of carbonyl (C=O) groups is 3. The minimum Gasteiger partial charge on any atom is -0.497 e. The number of hydrogen-bond donors (Lipinski definition) is 1. The van der Waals surface area contributed by atoms with Crippen LogP contribution in [0, 0.1) is 0 Å². The smallest absolute Gasteiger partial charge is 0.269 e. The third kappa shape index (κ3) is 5.64. The molecule has 0 spiro atoms. The maximum Gasteiger partial charge on any atom is 0.269 e. The summed E-state index contributed by atoms with van der Waals surface area (Å²) in [5, 5.41) is 3.09. The number of amides is 3. The molecule has 2 aromatic rings. The van der Waals surface area contributed by atoms with E-state index in [0.29, 0.717) is 12.2 Å². The van der Waals surface area contributed by atoms with E-state index in [1.165, 1.54) is 17.0 Å². The Morgan fingerprint density at radius 1 is 1.11 bits per heavy atom. The van der Waals surface area contributed by atoms with Crippen molar-refractivity contribution in [2.45, 2.75) is 69.0 Å². The molecule has 0 bridgehead atoms. The van der Waals surface area contributed by atoms with Gasteiger partial charge in [0.2, 0.25) is 11.8 Å². The Morgan fingerprint density at radius 3 is 2.41 bits per heavy atom. The molecule has 1 saturated carbocycles. The molecule has 1 fully saturated rings. The highest BCUT2D eigenvalue weighted by Gasteiger charge is 2.41. The van der Waals surface area contributed by atoms with E-state index < -0.39 is 27.9 Å². The highest BCUT2D eigenvalue weighted by atomic mass is 32.2. The van der Waals surface area contributed by atoms with Crippen LogP contribution >= 0.6 is 0 Å². The third-order valence-corrected chi connectivity index (χ3v) is 8.88. The van der Waals surface area contributed by atoms with Crippen molar-refractivity contribution in [3.05, 3.63) is 59.7 Å². The molecule has 0 radical (unpaired) electrons. The molecule has 0 aromatic heterocycles. The van der Waals surface area contributed by atoms with Gasteiger partial charge in [-0.2, -0.15) is 0 Å². The van der Waals surface area contributed by atoms with E-state index in [9.17, 15) is 22.8 Å². The largest absolute Gasteiger partial charge is 0.497 e. The summed E-state index contributed by atoms with van der Waals surface area (Å²) in [6.07, 6.45) is 4.14. The van der Waals surface area contributed by atoms with Crippen LogP contribution in [-0.4, -0.2) is 61.1 Å². The lowest BCUT2D eigenvalue weighted by atomic mass is 10.1. The van der Waals surface area contributed by atoms with E-state index >= 15 is 0 Å². The third-order valence-electron chi connectivity index (χ3n) is 7.04. The molecule has 3 amide bonds. The average Bonchev–Trinajstić information content (AvgIpc) is 3.47. The Hall–Kier alpha value is -3.40. The van der Waals surface area contributed by atoms with Crippen molar-refractivity contribution in [1.82, 2.24) is 14.5 Å². The van der Waals surface area contributed by atoms with Gasteiger partial charge in [-0.25, -0.2) is 12.7 Å². The summed E-state index contributed by atoms with van der Waals surface area (Å²) in [4.78, 5) is 41.0. The second kappa shape index (κ2) is 11.3. The molecule has 0 saturated heterocycles. The van der Waals surface area contributed by atoms with Crippen LogP contribution in [0.3, 0.4) is 0 Å². The summed E-state index contributed by atoms with van der Waals surface area (Å²) < 4.78 is 31.8. The number of nitrogens with zero attached hydrogens (tertiary/aromatic N) is 2. The Labute approximate surface area is 217 Å². The van der Waals surface area contributed by atoms with Gasteiger partial charge in [0, 0.05) is 25.6 Å². The number of fused-ring (bicyclic) bond motifs is 1. The highest BCUT2D eigenvalue weighted by Crippen LogP contribution is 2.30. The van der Waals surface area contributed by atoms with Gasteiger partial charge in [-0.3, -0.25) is 14.4 Å².